The Bertz CT molecular complexity index is 3170. The van der Waals surface area contributed by atoms with Crippen molar-refractivity contribution in [1.29, 1.82) is 0 Å². The molecule has 0 fully saturated rings. The molecule has 9 aromatic carbocycles. The summed E-state index contributed by atoms with van der Waals surface area (Å²) in [4.78, 5) is 10.9. The van der Waals surface area contributed by atoms with Crippen molar-refractivity contribution in [3.8, 4) is 11.1 Å². The van der Waals surface area contributed by atoms with E-state index in [2.05, 4.69) is 169 Å². The lowest BCUT2D eigenvalue weighted by molar-refractivity contribution is 0.668. The van der Waals surface area contributed by atoms with E-state index in [1.165, 1.54) is 37.7 Å². The van der Waals surface area contributed by atoms with Crippen LogP contribution >= 0.6 is 0 Å². The smallest absolute Gasteiger partial charge is 0.160 e. The number of aliphatic imine (C=N–C) groups is 2. The molecule has 0 saturated carbocycles. The minimum Gasteiger partial charge on any atom is -0.456 e. The molecule has 248 valence electrons. The van der Waals surface area contributed by atoms with Gasteiger partial charge in [0.1, 0.15) is 23.2 Å². The molecule has 1 aliphatic heterocycles. The summed E-state index contributed by atoms with van der Waals surface area (Å²) in [7, 11) is 0. The molecule has 10 aromatic rings. The number of hydrogen-bond donors (Lipinski definition) is 1. The van der Waals surface area contributed by atoms with Gasteiger partial charge < -0.3 is 9.73 Å². The monoisotopic (exact) mass is 677 g/mol. The van der Waals surface area contributed by atoms with Crippen LogP contribution in [0.15, 0.2) is 190 Å². The Hall–Kier alpha value is -7.04. The highest BCUT2D eigenvalue weighted by molar-refractivity contribution is 6.25. The van der Waals surface area contributed by atoms with Crippen LogP contribution in [0, 0.1) is 0 Å². The average molecular weight is 678 g/mol. The van der Waals surface area contributed by atoms with Crippen LogP contribution in [-0.2, 0) is 0 Å². The van der Waals surface area contributed by atoms with E-state index in [1.54, 1.807) is 0 Å². The van der Waals surface area contributed by atoms with Crippen LogP contribution < -0.4 is 5.32 Å². The second kappa shape index (κ2) is 11.8. The van der Waals surface area contributed by atoms with Crippen molar-refractivity contribution in [3.05, 3.63) is 193 Å². The van der Waals surface area contributed by atoms with E-state index < -0.39 is 0 Å². The van der Waals surface area contributed by atoms with Gasteiger partial charge in [-0.3, -0.25) is 0 Å². The van der Waals surface area contributed by atoms with Gasteiger partial charge in [-0.15, -0.1) is 0 Å². The summed E-state index contributed by atoms with van der Waals surface area (Å²) in [6.07, 6.45) is -0.384. The fourth-order valence-corrected chi connectivity index (χ4v) is 8.07. The number of benzene rings is 9. The normalized spacial score (nSPS) is 14.6. The number of nitrogens with one attached hydrogen (secondary N) is 1. The van der Waals surface area contributed by atoms with E-state index >= 15 is 0 Å². The predicted molar refractivity (Wildman–Crippen MR) is 221 cm³/mol. The number of hydrogen-bond acceptors (Lipinski definition) is 4. The van der Waals surface area contributed by atoms with Crippen LogP contribution in [0.25, 0.3) is 76.2 Å². The summed E-state index contributed by atoms with van der Waals surface area (Å²) in [5.74, 6) is 1.44. The highest BCUT2D eigenvalue weighted by Gasteiger charge is 2.26. The first-order chi connectivity index (χ1) is 26.2. The van der Waals surface area contributed by atoms with Gasteiger partial charge in [-0.05, 0) is 96.2 Å². The highest BCUT2D eigenvalue weighted by Crippen LogP contribution is 2.38. The lowest BCUT2D eigenvalue weighted by Crippen LogP contribution is -2.33. The predicted octanol–water partition coefficient (Wildman–Crippen LogP) is 12.4. The molecule has 0 amide bonds. The van der Waals surface area contributed by atoms with Crippen LogP contribution in [0.2, 0.25) is 0 Å². The first-order valence-electron chi connectivity index (χ1n) is 18.0. The van der Waals surface area contributed by atoms with E-state index in [4.69, 9.17) is 14.4 Å². The van der Waals surface area contributed by atoms with E-state index in [0.717, 1.165) is 61.0 Å². The van der Waals surface area contributed by atoms with E-state index in [9.17, 15) is 0 Å². The molecule has 4 nitrogen and oxygen atoms in total. The molecule has 11 rings (SSSR count). The Kier molecular flexibility index (Phi) is 6.58. The Morgan fingerprint density at radius 3 is 1.89 bits per heavy atom. The highest BCUT2D eigenvalue weighted by atomic mass is 16.3. The quantitative estimate of drug-likeness (QED) is 0.189. The Balaban J connectivity index is 1.19. The summed E-state index contributed by atoms with van der Waals surface area (Å²) in [6, 6.07) is 62.3. The number of furan rings is 1. The van der Waals surface area contributed by atoms with Crippen LogP contribution in [-0.4, -0.2) is 11.7 Å². The maximum absolute atomic E-state index is 6.59. The number of amidine groups is 2. The molecule has 4 heteroatoms. The molecule has 1 aliphatic rings. The fraction of sp³-hybridized carbons (Fsp3) is 0.0204. The largest absolute Gasteiger partial charge is 0.456 e. The van der Waals surface area contributed by atoms with Gasteiger partial charge in [-0.25, -0.2) is 9.98 Å². The maximum atomic E-state index is 6.59. The molecular weight excluding hydrogens is 647 g/mol. The van der Waals surface area contributed by atoms with Crippen LogP contribution in [0.4, 0.5) is 0 Å². The molecule has 0 saturated heterocycles. The molecule has 1 unspecified atom stereocenters. The zero-order chi connectivity index (χ0) is 34.9. The molecule has 53 heavy (non-hydrogen) atoms. The maximum Gasteiger partial charge on any atom is 0.160 e. The summed E-state index contributed by atoms with van der Waals surface area (Å²) in [5, 5.41) is 15.3. The number of nitrogens with zero attached hydrogens (tertiary/aromatic N) is 2. The second-order valence-electron chi connectivity index (χ2n) is 13.8. The molecule has 0 spiro atoms. The van der Waals surface area contributed by atoms with Gasteiger partial charge in [0.05, 0.1) is 0 Å². The van der Waals surface area contributed by atoms with E-state index in [-0.39, 0.29) is 6.17 Å². The van der Waals surface area contributed by atoms with Crippen molar-refractivity contribution in [2.24, 2.45) is 9.98 Å². The first kappa shape index (κ1) is 29.7. The Morgan fingerprint density at radius 2 is 1.08 bits per heavy atom. The van der Waals surface area contributed by atoms with Crippen LogP contribution in [0.5, 0.6) is 0 Å². The topological polar surface area (TPSA) is 49.9 Å². The minimum absolute atomic E-state index is 0.384. The Labute approximate surface area is 305 Å². The first-order valence-corrected chi connectivity index (χ1v) is 18.0. The van der Waals surface area contributed by atoms with E-state index in [0.29, 0.717) is 5.84 Å². The third kappa shape index (κ3) is 4.91. The summed E-state index contributed by atoms with van der Waals surface area (Å²) in [6.45, 7) is 0. The van der Waals surface area contributed by atoms with Gasteiger partial charge in [0.25, 0.3) is 0 Å². The van der Waals surface area contributed by atoms with Crippen LogP contribution in [0.1, 0.15) is 22.9 Å². The lowest BCUT2D eigenvalue weighted by atomic mass is 9.95. The van der Waals surface area contributed by atoms with Gasteiger partial charge in [-0.2, -0.15) is 0 Å². The molecule has 1 atom stereocenters. The molecule has 0 bridgehead atoms. The average Bonchev–Trinajstić information content (AvgIpc) is 3.61. The van der Waals surface area contributed by atoms with Crippen molar-refractivity contribution in [2.75, 3.05) is 0 Å². The molecule has 2 heterocycles. The minimum atomic E-state index is -0.384. The number of para-hydroxylation sites is 1. The number of fused-ring (bicyclic) bond motifs is 8. The fourth-order valence-electron chi connectivity index (χ4n) is 8.07. The molecular formula is C49H31N3O. The zero-order valence-corrected chi connectivity index (χ0v) is 28.6. The van der Waals surface area contributed by atoms with Crippen molar-refractivity contribution < 1.29 is 4.42 Å². The molecule has 0 radical (unpaired) electrons. The van der Waals surface area contributed by atoms with Gasteiger partial charge in [-0.1, -0.05) is 140 Å². The molecule has 1 aromatic heterocycles. The van der Waals surface area contributed by atoms with Crippen LogP contribution in [0.3, 0.4) is 0 Å². The number of rotatable bonds is 4. The summed E-state index contributed by atoms with van der Waals surface area (Å²) >= 11 is 0. The van der Waals surface area contributed by atoms with Crippen molar-refractivity contribution in [2.45, 2.75) is 6.17 Å². The van der Waals surface area contributed by atoms with Crippen molar-refractivity contribution >= 4 is 76.7 Å². The molecule has 1 N–H and O–H groups in total. The van der Waals surface area contributed by atoms with E-state index in [1.807, 2.05) is 12.1 Å². The summed E-state index contributed by atoms with van der Waals surface area (Å²) in [5.41, 5.74) is 6.85. The third-order valence-corrected chi connectivity index (χ3v) is 10.7. The lowest BCUT2D eigenvalue weighted by Gasteiger charge is -2.25. The van der Waals surface area contributed by atoms with Gasteiger partial charge in [0.2, 0.25) is 0 Å². The van der Waals surface area contributed by atoms with Gasteiger partial charge in [0, 0.05) is 21.9 Å². The SMILES string of the molecule is c1ccc2cc(-c3cc(C4=NC(c5ccc6ccccc6c5)NC(c5cc6ccccc6c6ccccc56)=N4)c4c(c3)oc3ccccc34)ccc2c1. The van der Waals surface area contributed by atoms with Gasteiger partial charge in [0.15, 0.2) is 5.84 Å². The van der Waals surface area contributed by atoms with Crippen molar-refractivity contribution in [1.82, 2.24) is 5.32 Å². The summed E-state index contributed by atoms with van der Waals surface area (Å²) < 4.78 is 6.59. The van der Waals surface area contributed by atoms with Gasteiger partial charge >= 0.3 is 0 Å². The zero-order valence-electron chi connectivity index (χ0n) is 28.6. The standard InChI is InChI=1S/C49H31N3O/c1-3-13-32-25-34(23-21-30(32)11-1)37-28-43(46-41-19-9-10-20-44(41)53-45(46)29-37)49-51-47(36-24-22-31-12-2-4-14-33(31)26-36)50-48(52-49)42-27-35-15-5-6-16-38(35)39-17-7-8-18-40(39)42/h1-29,47H,(H,50,51,52). The Morgan fingerprint density at radius 1 is 0.434 bits per heavy atom. The second-order valence-corrected chi connectivity index (χ2v) is 13.8. The molecule has 0 aliphatic carbocycles. The third-order valence-electron chi connectivity index (χ3n) is 10.7. The van der Waals surface area contributed by atoms with Crippen molar-refractivity contribution in [3.63, 3.8) is 0 Å².